The average molecular weight is 486 g/mol. The van der Waals surface area contributed by atoms with E-state index in [4.69, 9.17) is 0 Å². The van der Waals surface area contributed by atoms with E-state index in [1.807, 2.05) is 12.1 Å². The van der Waals surface area contributed by atoms with Gasteiger partial charge < -0.3 is 10.6 Å². The first kappa shape index (κ1) is 23.3. The van der Waals surface area contributed by atoms with Crippen LogP contribution in [0.25, 0.3) is 5.65 Å². The van der Waals surface area contributed by atoms with Gasteiger partial charge in [-0.15, -0.1) is 0 Å². The Bertz CT molecular complexity index is 1530. The van der Waals surface area contributed by atoms with Crippen LogP contribution in [-0.4, -0.2) is 32.2 Å². The van der Waals surface area contributed by atoms with Gasteiger partial charge in [0, 0.05) is 24.2 Å². The maximum Gasteiger partial charge on any atom is 0.270 e. The zero-order valence-corrected chi connectivity index (χ0v) is 19.8. The van der Waals surface area contributed by atoms with E-state index in [1.54, 1.807) is 31.2 Å². The van der Waals surface area contributed by atoms with E-state index in [1.165, 1.54) is 29.8 Å². The number of ketones is 1. The monoisotopic (exact) mass is 485 g/mol. The number of carbonyl (C=O) groups excluding carboxylic acids is 3. The second-order valence-electron chi connectivity index (χ2n) is 8.93. The predicted octanol–water partition coefficient (Wildman–Crippen LogP) is 3.73. The second kappa shape index (κ2) is 9.33. The van der Waals surface area contributed by atoms with Crippen LogP contribution in [0.15, 0.2) is 54.7 Å². The van der Waals surface area contributed by atoms with Gasteiger partial charge in [0.15, 0.2) is 11.4 Å². The van der Waals surface area contributed by atoms with Gasteiger partial charge in [-0.3, -0.25) is 14.4 Å². The van der Waals surface area contributed by atoms with Crippen molar-refractivity contribution in [2.75, 3.05) is 0 Å². The van der Waals surface area contributed by atoms with Crippen molar-refractivity contribution >= 4 is 23.2 Å². The summed E-state index contributed by atoms with van der Waals surface area (Å²) in [5.41, 5.74) is 4.54. The summed E-state index contributed by atoms with van der Waals surface area (Å²) in [4.78, 5) is 42.2. The Kier molecular flexibility index (Phi) is 6.05. The van der Waals surface area contributed by atoms with Crippen LogP contribution in [0, 0.1) is 12.7 Å². The number of amides is 2. The Morgan fingerprint density at radius 3 is 2.69 bits per heavy atom. The molecule has 4 aromatic rings. The molecule has 2 N–H and O–H groups in total. The molecule has 0 unspecified atom stereocenters. The number of hydrogen-bond donors (Lipinski definition) is 2. The van der Waals surface area contributed by atoms with Crippen molar-refractivity contribution in [1.29, 1.82) is 0 Å². The topological polar surface area (TPSA) is 105 Å². The molecule has 9 heteroatoms. The quantitative estimate of drug-likeness (QED) is 0.405. The maximum absolute atomic E-state index is 13.5. The molecule has 0 radical (unpaired) electrons. The van der Waals surface area contributed by atoms with Gasteiger partial charge in [-0.2, -0.15) is 5.10 Å². The number of rotatable bonds is 6. The number of halogens is 1. The number of nitrogens with one attached hydrogen (secondary N) is 2. The Morgan fingerprint density at radius 2 is 1.92 bits per heavy atom. The highest BCUT2D eigenvalue weighted by Gasteiger charge is 2.26. The highest BCUT2D eigenvalue weighted by atomic mass is 19.1. The maximum atomic E-state index is 13.5. The molecule has 2 aromatic heterocycles. The molecular weight excluding hydrogens is 461 g/mol. The molecule has 1 aliphatic rings. The summed E-state index contributed by atoms with van der Waals surface area (Å²) in [6.45, 7) is 3.38. The zero-order valence-electron chi connectivity index (χ0n) is 19.8. The molecule has 1 aliphatic carbocycles. The molecule has 36 heavy (non-hydrogen) atoms. The minimum absolute atomic E-state index is 0.00325. The van der Waals surface area contributed by atoms with Gasteiger partial charge in [0.05, 0.1) is 12.2 Å². The predicted molar refractivity (Wildman–Crippen MR) is 130 cm³/mol. The van der Waals surface area contributed by atoms with Crippen molar-refractivity contribution < 1.29 is 18.8 Å². The average Bonchev–Trinajstić information content (AvgIpc) is 3.50. The lowest BCUT2D eigenvalue weighted by molar-refractivity contribution is 0.0927. The van der Waals surface area contributed by atoms with Gasteiger partial charge in [0.2, 0.25) is 0 Å². The third-order valence-electron chi connectivity index (χ3n) is 6.43. The molecule has 8 nitrogen and oxygen atoms in total. The standard InChI is InChI=1S/C27H24FN5O3/c1-15-11-17(3-7-21(15)28)14-29-26(35)23-13-24(33-25(31-23)9-10-30-33)27(36)32-22-8-5-19-12-18(16(2)34)4-6-20(19)22/h3-4,6-7,9-13,22H,5,8,14H2,1-2H3,(H,29,35)(H,32,36)/t22-/m0/s1. The fourth-order valence-electron chi connectivity index (χ4n) is 4.50. The molecule has 2 heterocycles. The van der Waals surface area contributed by atoms with Crippen LogP contribution in [0.1, 0.15) is 73.0 Å². The zero-order chi connectivity index (χ0) is 25.4. The van der Waals surface area contributed by atoms with Gasteiger partial charge in [-0.1, -0.05) is 24.3 Å². The highest BCUT2D eigenvalue weighted by Crippen LogP contribution is 2.32. The minimum Gasteiger partial charge on any atom is -0.347 e. The van der Waals surface area contributed by atoms with E-state index in [9.17, 15) is 18.8 Å². The van der Waals surface area contributed by atoms with Crippen molar-refractivity contribution in [1.82, 2.24) is 25.2 Å². The van der Waals surface area contributed by atoms with Crippen molar-refractivity contribution in [3.05, 3.63) is 99.8 Å². The number of benzene rings is 2. The van der Waals surface area contributed by atoms with E-state index in [2.05, 4.69) is 20.7 Å². The number of carbonyl (C=O) groups is 3. The van der Waals surface area contributed by atoms with Gasteiger partial charge in [-0.25, -0.2) is 13.9 Å². The fraction of sp³-hybridized carbons (Fsp3) is 0.222. The largest absolute Gasteiger partial charge is 0.347 e. The summed E-state index contributed by atoms with van der Waals surface area (Å²) in [7, 11) is 0. The molecule has 0 saturated heterocycles. The Balaban J connectivity index is 1.36. The molecular formula is C27H24FN5O3. The van der Waals surface area contributed by atoms with E-state index in [-0.39, 0.29) is 41.5 Å². The normalized spacial score (nSPS) is 14.5. The van der Waals surface area contributed by atoms with Crippen LogP contribution in [0.4, 0.5) is 4.39 Å². The molecule has 182 valence electrons. The Morgan fingerprint density at radius 1 is 1.08 bits per heavy atom. The molecule has 0 spiro atoms. The number of Topliss-reactive ketones (excluding diaryl/α,β-unsaturated/α-hetero) is 1. The van der Waals surface area contributed by atoms with E-state index in [0.717, 1.165) is 23.1 Å². The number of fused-ring (bicyclic) bond motifs is 2. The van der Waals surface area contributed by atoms with Gasteiger partial charge in [-0.05, 0) is 61.1 Å². The van der Waals surface area contributed by atoms with Crippen LogP contribution in [0.3, 0.4) is 0 Å². The lowest BCUT2D eigenvalue weighted by Crippen LogP contribution is -2.30. The van der Waals surface area contributed by atoms with Crippen molar-refractivity contribution in [2.45, 2.75) is 39.3 Å². The Hall–Kier alpha value is -4.40. The number of aryl methyl sites for hydroxylation is 2. The fourth-order valence-corrected chi connectivity index (χ4v) is 4.50. The van der Waals surface area contributed by atoms with Gasteiger partial charge >= 0.3 is 0 Å². The second-order valence-corrected chi connectivity index (χ2v) is 8.93. The lowest BCUT2D eigenvalue weighted by atomic mass is 10.0. The molecule has 0 aliphatic heterocycles. The van der Waals surface area contributed by atoms with E-state index in [0.29, 0.717) is 23.2 Å². The van der Waals surface area contributed by atoms with Crippen molar-refractivity contribution in [3.63, 3.8) is 0 Å². The molecule has 5 rings (SSSR count). The summed E-state index contributed by atoms with van der Waals surface area (Å²) < 4.78 is 14.9. The molecule has 2 amide bonds. The Labute approximate surface area is 206 Å². The molecule has 0 bridgehead atoms. The van der Waals surface area contributed by atoms with Crippen LogP contribution < -0.4 is 10.6 Å². The highest BCUT2D eigenvalue weighted by molar-refractivity contribution is 5.98. The first-order valence-electron chi connectivity index (χ1n) is 11.6. The number of nitrogens with zero attached hydrogens (tertiary/aromatic N) is 3. The first-order chi connectivity index (χ1) is 17.3. The summed E-state index contributed by atoms with van der Waals surface area (Å²) in [6.07, 6.45) is 2.97. The summed E-state index contributed by atoms with van der Waals surface area (Å²) >= 11 is 0. The summed E-state index contributed by atoms with van der Waals surface area (Å²) in [5, 5.41) is 10.0. The van der Waals surface area contributed by atoms with Crippen LogP contribution in [0.5, 0.6) is 0 Å². The van der Waals surface area contributed by atoms with Gasteiger partial charge in [0.25, 0.3) is 11.8 Å². The molecule has 0 fully saturated rings. The number of aromatic nitrogens is 3. The minimum atomic E-state index is -0.460. The SMILES string of the molecule is CC(=O)c1ccc2c(c1)CC[C@@H]2NC(=O)c1cc(C(=O)NCc2ccc(F)c(C)c2)nc2ccnn12. The van der Waals surface area contributed by atoms with Gasteiger partial charge in [0.1, 0.15) is 17.2 Å². The van der Waals surface area contributed by atoms with Crippen LogP contribution >= 0.6 is 0 Å². The van der Waals surface area contributed by atoms with E-state index < -0.39 is 5.91 Å². The summed E-state index contributed by atoms with van der Waals surface area (Å²) in [6, 6.07) is 13.0. The van der Waals surface area contributed by atoms with Crippen LogP contribution in [0.2, 0.25) is 0 Å². The van der Waals surface area contributed by atoms with Crippen molar-refractivity contribution in [2.24, 2.45) is 0 Å². The van der Waals surface area contributed by atoms with Crippen molar-refractivity contribution in [3.8, 4) is 0 Å². The lowest BCUT2D eigenvalue weighted by Gasteiger charge is -2.15. The smallest absolute Gasteiger partial charge is 0.270 e. The van der Waals surface area contributed by atoms with Crippen LogP contribution in [-0.2, 0) is 13.0 Å². The molecule has 0 saturated carbocycles. The third-order valence-corrected chi connectivity index (χ3v) is 6.43. The molecule has 2 aromatic carbocycles. The number of hydrogen-bond acceptors (Lipinski definition) is 5. The van der Waals surface area contributed by atoms with E-state index >= 15 is 0 Å². The first-order valence-corrected chi connectivity index (χ1v) is 11.6. The molecule has 1 atom stereocenters. The third kappa shape index (κ3) is 4.47. The summed E-state index contributed by atoms with van der Waals surface area (Å²) in [5.74, 6) is -1.15.